The standard InChI is InChI=1S/C20H22F2N2O2/c1-14-12-16(6-9-18(14)24-10-2-3-11-24)23-19(25)13-15-4-7-17(8-5-15)26-20(21)22/h4-9,12,20H,2-3,10-11,13H2,1H3,(H,23,25). The minimum absolute atomic E-state index is 0.0808. The Hall–Kier alpha value is -2.63. The van der Waals surface area contributed by atoms with Crippen LogP contribution in [0, 0.1) is 6.92 Å². The second-order valence-corrected chi connectivity index (χ2v) is 6.44. The van der Waals surface area contributed by atoms with E-state index in [0.717, 1.165) is 29.9 Å². The van der Waals surface area contributed by atoms with Crippen LogP contribution in [0.25, 0.3) is 0 Å². The number of aryl methyl sites for hydroxylation is 1. The molecule has 1 N–H and O–H groups in total. The van der Waals surface area contributed by atoms with Gasteiger partial charge in [0.25, 0.3) is 0 Å². The maximum Gasteiger partial charge on any atom is 0.387 e. The lowest BCUT2D eigenvalue weighted by Gasteiger charge is -2.20. The Morgan fingerprint density at radius 3 is 2.46 bits per heavy atom. The number of carbonyl (C=O) groups excluding carboxylic acids is 1. The Balaban J connectivity index is 1.58. The normalized spacial score (nSPS) is 13.9. The molecule has 2 aromatic rings. The van der Waals surface area contributed by atoms with Gasteiger partial charge in [0.15, 0.2) is 0 Å². The highest BCUT2D eigenvalue weighted by Crippen LogP contribution is 2.26. The predicted octanol–water partition coefficient (Wildman–Crippen LogP) is 4.38. The van der Waals surface area contributed by atoms with Crippen LogP contribution in [0.2, 0.25) is 0 Å². The van der Waals surface area contributed by atoms with Crippen LogP contribution in [0.1, 0.15) is 24.0 Å². The van der Waals surface area contributed by atoms with Crippen molar-refractivity contribution in [1.29, 1.82) is 0 Å². The summed E-state index contributed by atoms with van der Waals surface area (Å²) in [6.07, 6.45) is 2.61. The Labute approximate surface area is 151 Å². The van der Waals surface area contributed by atoms with Crippen molar-refractivity contribution in [2.45, 2.75) is 32.8 Å². The van der Waals surface area contributed by atoms with Gasteiger partial charge in [-0.25, -0.2) is 0 Å². The van der Waals surface area contributed by atoms with E-state index in [2.05, 4.69) is 15.0 Å². The largest absolute Gasteiger partial charge is 0.435 e. The number of anilines is 2. The number of rotatable bonds is 6. The first-order valence-electron chi connectivity index (χ1n) is 8.70. The van der Waals surface area contributed by atoms with Gasteiger partial charge >= 0.3 is 6.61 Å². The van der Waals surface area contributed by atoms with Gasteiger partial charge < -0.3 is 15.0 Å². The summed E-state index contributed by atoms with van der Waals surface area (Å²) < 4.78 is 28.6. The summed E-state index contributed by atoms with van der Waals surface area (Å²) in [6.45, 7) is 1.36. The molecule has 0 aromatic heterocycles. The number of ether oxygens (including phenoxy) is 1. The van der Waals surface area contributed by atoms with E-state index in [9.17, 15) is 13.6 Å². The van der Waals surface area contributed by atoms with E-state index < -0.39 is 6.61 Å². The molecule has 0 saturated carbocycles. The zero-order valence-corrected chi connectivity index (χ0v) is 14.7. The number of halogens is 2. The van der Waals surface area contributed by atoms with Gasteiger partial charge in [-0.2, -0.15) is 8.78 Å². The molecule has 0 bridgehead atoms. The first-order chi connectivity index (χ1) is 12.5. The highest BCUT2D eigenvalue weighted by atomic mass is 19.3. The molecule has 26 heavy (non-hydrogen) atoms. The van der Waals surface area contributed by atoms with Crippen LogP contribution < -0.4 is 15.0 Å². The van der Waals surface area contributed by atoms with Crippen LogP contribution in [0.3, 0.4) is 0 Å². The van der Waals surface area contributed by atoms with E-state index in [-0.39, 0.29) is 18.1 Å². The van der Waals surface area contributed by atoms with Crippen molar-refractivity contribution in [1.82, 2.24) is 0 Å². The van der Waals surface area contributed by atoms with E-state index in [4.69, 9.17) is 0 Å². The fraction of sp³-hybridized carbons (Fsp3) is 0.350. The third-order valence-electron chi connectivity index (χ3n) is 4.44. The lowest BCUT2D eigenvalue weighted by atomic mass is 10.1. The summed E-state index contributed by atoms with van der Waals surface area (Å²) in [7, 11) is 0. The molecule has 6 heteroatoms. The number of amides is 1. The van der Waals surface area contributed by atoms with E-state index >= 15 is 0 Å². The summed E-state index contributed by atoms with van der Waals surface area (Å²) in [6, 6.07) is 12.0. The van der Waals surface area contributed by atoms with E-state index in [1.807, 2.05) is 25.1 Å². The molecule has 1 heterocycles. The zero-order chi connectivity index (χ0) is 18.5. The van der Waals surface area contributed by atoms with Gasteiger partial charge in [-0.3, -0.25) is 4.79 Å². The Bertz CT molecular complexity index is 757. The van der Waals surface area contributed by atoms with Crippen molar-refractivity contribution in [2.24, 2.45) is 0 Å². The monoisotopic (exact) mass is 360 g/mol. The summed E-state index contributed by atoms with van der Waals surface area (Å²) >= 11 is 0. The number of nitrogens with one attached hydrogen (secondary N) is 1. The van der Waals surface area contributed by atoms with Crippen LogP contribution in [-0.2, 0) is 11.2 Å². The van der Waals surface area contributed by atoms with Crippen molar-refractivity contribution in [3.05, 3.63) is 53.6 Å². The molecule has 1 aliphatic rings. The number of carbonyl (C=O) groups is 1. The second-order valence-electron chi connectivity index (χ2n) is 6.44. The van der Waals surface area contributed by atoms with Crippen LogP contribution in [-0.4, -0.2) is 25.6 Å². The van der Waals surface area contributed by atoms with Crippen LogP contribution in [0.15, 0.2) is 42.5 Å². The molecule has 2 aromatic carbocycles. The minimum Gasteiger partial charge on any atom is -0.435 e. The average Bonchev–Trinajstić information content (AvgIpc) is 3.10. The van der Waals surface area contributed by atoms with Crippen molar-refractivity contribution >= 4 is 17.3 Å². The minimum atomic E-state index is -2.85. The molecule has 0 radical (unpaired) electrons. The summed E-state index contributed by atoms with van der Waals surface area (Å²) in [5.74, 6) is -0.0712. The van der Waals surface area contributed by atoms with Crippen LogP contribution >= 0.6 is 0 Å². The molecular formula is C20H22F2N2O2. The highest BCUT2D eigenvalue weighted by Gasteiger charge is 2.15. The molecule has 3 rings (SSSR count). The van der Waals surface area contributed by atoms with Crippen molar-refractivity contribution in [3.63, 3.8) is 0 Å². The maximum absolute atomic E-state index is 12.2. The van der Waals surface area contributed by atoms with Gasteiger partial charge in [-0.15, -0.1) is 0 Å². The van der Waals surface area contributed by atoms with Crippen LogP contribution in [0.5, 0.6) is 5.75 Å². The summed E-state index contributed by atoms with van der Waals surface area (Å²) in [5, 5.41) is 2.89. The zero-order valence-electron chi connectivity index (χ0n) is 14.7. The molecule has 0 unspecified atom stereocenters. The number of benzene rings is 2. The molecule has 0 spiro atoms. The van der Waals surface area contributed by atoms with E-state index in [1.54, 1.807) is 12.1 Å². The van der Waals surface area contributed by atoms with Crippen molar-refractivity contribution in [2.75, 3.05) is 23.3 Å². The Kier molecular flexibility index (Phi) is 5.71. The fourth-order valence-electron chi connectivity index (χ4n) is 3.23. The highest BCUT2D eigenvalue weighted by molar-refractivity contribution is 5.92. The molecule has 1 aliphatic heterocycles. The molecule has 4 nitrogen and oxygen atoms in total. The molecule has 1 saturated heterocycles. The molecule has 0 aliphatic carbocycles. The Morgan fingerprint density at radius 1 is 1.15 bits per heavy atom. The molecule has 1 fully saturated rings. The average molecular weight is 360 g/mol. The quantitative estimate of drug-likeness (QED) is 0.831. The lowest BCUT2D eigenvalue weighted by Crippen LogP contribution is -2.19. The summed E-state index contributed by atoms with van der Waals surface area (Å²) in [5.41, 5.74) is 3.84. The summed E-state index contributed by atoms with van der Waals surface area (Å²) in [4.78, 5) is 14.6. The lowest BCUT2D eigenvalue weighted by molar-refractivity contribution is -0.115. The second kappa shape index (κ2) is 8.17. The Morgan fingerprint density at radius 2 is 1.85 bits per heavy atom. The fourth-order valence-corrected chi connectivity index (χ4v) is 3.23. The number of alkyl halides is 2. The van der Waals surface area contributed by atoms with Crippen LogP contribution in [0.4, 0.5) is 20.2 Å². The number of hydrogen-bond acceptors (Lipinski definition) is 3. The first kappa shape index (κ1) is 18.2. The van der Waals surface area contributed by atoms with Gasteiger partial charge in [0.05, 0.1) is 6.42 Å². The van der Waals surface area contributed by atoms with Gasteiger partial charge in [-0.1, -0.05) is 12.1 Å². The van der Waals surface area contributed by atoms with E-state index in [0.29, 0.717) is 0 Å². The first-order valence-corrected chi connectivity index (χ1v) is 8.70. The van der Waals surface area contributed by atoms with Crippen molar-refractivity contribution < 1.29 is 18.3 Å². The van der Waals surface area contributed by atoms with Crippen molar-refractivity contribution in [3.8, 4) is 5.75 Å². The third-order valence-corrected chi connectivity index (χ3v) is 4.44. The van der Waals surface area contributed by atoms with Gasteiger partial charge in [0.2, 0.25) is 5.91 Å². The predicted molar refractivity (Wildman–Crippen MR) is 98.0 cm³/mol. The van der Waals surface area contributed by atoms with Gasteiger partial charge in [-0.05, 0) is 61.2 Å². The van der Waals surface area contributed by atoms with Gasteiger partial charge in [0, 0.05) is 24.5 Å². The molecule has 1 amide bonds. The van der Waals surface area contributed by atoms with E-state index in [1.165, 1.54) is 30.7 Å². The maximum atomic E-state index is 12.2. The number of nitrogens with zero attached hydrogens (tertiary/aromatic N) is 1. The number of hydrogen-bond donors (Lipinski definition) is 1. The van der Waals surface area contributed by atoms with Gasteiger partial charge in [0.1, 0.15) is 5.75 Å². The third kappa shape index (κ3) is 4.71. The smallest absolute Gasteiger partial charge is 0.387 e. The topological polar surface area (TPSA) is 41.6 Å². The molecule has 0 atom stereocenters. The molecule has 138 valence electrons. The SMILES string of the molecule is Cc1cc(NC(=O)Cc2ccc(OC(F)F)cc2)ccc1N1CCCC1. The molecular weight excluding hydrogens is 338 g/mol.